The van der Waals surface area contributed by atoms with Crippen molar-refractivity contribution in [2.45, 2.75) is 38.2 Å². The summed E-state index contributed by atoms with van der Waals surface area (Å²) in [4.78, 5) is 19.0. The molecule has 4 rings (SSSR count). The van der Waals surface area contributed by atoms with E-state index in [1.165, 1.54) is 12.8 Å². The molecule has 2 fully saturated rings. The molecule has 1 saturated heterocycles. The maximum Gasteiger partial charge on any atom is 0.292 e. The van der Waals surface area contributed by atoms with Crippen molar-refractivity contribution in [3.05, 3.63) is 23.8 Å². The molecule has 1 spiro atoms. The van der Waals surface area contributed by atoms with Gasteiger partial charge in [-0.3, -0.25) is 9.20 Å². The third-order valence-corrected chi connectivity index (χ3v) is 4.66. The predicted octanol–water partition coefficient (Wildman–Crippen LogP) is 1.22. The lowest BCUT2D eigenvalue weighted by Crippen LogP contribution is -2.52. The number of carbonyl (C=O) groups excluding carboxylic acids is 1. The van der Waals surface area contributed by atoms with Gasteiger partial charge in [0.15, 0.2) is 0 Å². The Morgan fingerprint density at radius 1 is 1.32 bits per heavy atom. The molecule has 2 aliphatic rings. The molecule has 1 amide bonds. The molecule has 3 heterocycles. The molecule has 2 aromatic rings. The fourth-order valence-electron chi connectivity index (χ4n) is 3.50. The normalized spacial score (nSPS) is 20.9. The van der Waals surface area contributed by atoms with Crippen molar-refractivity contribution in [2.24, 2.45) is 0 Å². The Kier molecular flexibility index (Phi) is 3.11. The van der Waals surface area contributed by atoms with Crippen molar-refractivity contribution in [3.63, 3.8) is 0 Å². The van der Waals surface area contributed by atoms with E-state index < -0.39 is 0 Å². The quantitative estimate of drug-likeness (QED) is 0.792. The Labute approximate surface area is 128 Å². The third kappa shape index (κ3) is 2.16. The van der Waals surface area contributed by atoms with E-state index in [-0.39, 0.29) is 11.5 Å². The summed E-state index contributed by atoms with van der Waals surface area (Å²) in [6.07, 6.45) is 6.24. The van der Waals surface area contributed by atoms with Crippen LogP contribution in [-0.4, -0.2) is 55.7 Å². The van der Waals surface area contributed by atoms with Gasteiger partial charge in [-0.15, -0.1) is 10.2 Å². The number of amides is 1. The molecule has 22 heavy (non-hydrogen) atoms. The molecule has 1 aliphatic heterocycles. The van der Waals surface area contributed by atoms with Crippen molar-refractivity contribution in [1.29, 1.82) is 0 Å². The zero-order valence-electron chi connectivity index (χ0n) is 12.7. The smallest absolute Gasteiger partial charge is 0.292 e. The fourth-order valence-corrected chi connectivity index (χ4v) is 3.50. The first-order valence-corrected chi connectivity index (χ1v) is 7.79. The highest BCUT2D eigenvalue weighted by molar-refractivity contribution is 5.91. The number of aryl methyl sites for hydroxylation is 1. The van der Waals surface area contributed by atoms with Crippen LogP contribution in [0.15, 0.2) is 12.3 Å². The van der Waals surface area contributed by atoms with E-state index in [9.17, 15) is 4.79 Å². The van der Waals surface area contributed by atoms with E-state index in [1.54, 1.807) is 10.6 Å². The summed E-state index contributed by atoms with van der Waals surface area (Å²) >= 11 is 0. The van der Waals surface area contributed by atoms with Gasteiger partial charge in [0.05, 0.1) is 18.8 Å². The number of aromatic nitrogens is 4. The molecule has 0 radical (unpaired) electrons. The molecule has 1 saturated carbocycles. The maximum atomic E-state index is 12.8. The molecule has 116 valence electrons. The predicted molar refractivity (Wildman–Crippen MR) is 78.6 cm³/mol. The zero-order chi connectivity index (χ0) is 15.2. The summed E-state index contributed by atoms with van der Waals surface area (Å²) in [6.45, 7) is 3.75. The maximum absolute atomic E-state index is 12.8. The van der Waals surface area contributed by atoms with Gasteiger partial charge >= 0.3 is 0 Å². The summed E-state index contributed by atoms with van der Waals surface area (Å²) < 4.78 is 7.64. The first-order chi connectivity index (χ1) is 10.7. The SMILES string of the molecule is Cc1ccn2c(C(=O)N3CCOC4(CCCC4)C3)nnc2n1. The number of morpholine rings is 1. The lowest BCUT2D eigenvalue weighted by molar-refractivity contribution is -0.0950. The molecule has 1 aliphatic carbocycles. The minimum Gasteiger partial charge on any atom is -0.371 e. The number of carbonyl (C=O) groups is 1. The topological polar surface area (TPSA) is 72.6 Å². The van der Waals surface area contributed by atoms with Crippen LogP contribution < -0.4 is 0 Å². The van der Waals surface area contributed by atoms with Gasteiger partial charge in [-0.05, 0) is 25.8 Å². The van der Waals surface area contributed by atoms with E-state index >= 15 is 0 Å². The minimum absolute atomic E-state index is 0.0901. The van der Waals surface area contributed by atoms with Crippen LogP contribution in [-0.2, 0) is 4.74 Å². The van der Waals surface area contributed by atoms with Crippen molar-refractivity contribution in [3.8, 4) is 0 Å². The van der Waals surface area contributed by atoms with Crippen LogP contribution in [0.25, 0.3) is 5.78 Å². The number of rotatable bonds is 1. The molecular formula is C15H19N5O2. The lowest BCUT2D eigenvalue weighted by Gasteiger charge is -2.40. The minimum atomic E-state index is -0.136. The second kappa shape index (κ2) is 5.01. The highest BCUT2D eigenvalue weighted by Gasteiger charge is 2.41. The van der Waals surface area contributed by atoms with Gasteiger partial charge in [-0.2, -0.15) is 0 Å². The van der Waals surface area contributed by atoms with Gasteiger partial charge in [-0.25, -0.2) is 4.98 Å². The summed E-state index contributed by atoms with van der Waals surface area (Å²) in [5.74, 6) is 0.706. The zero-order valence-corrected chi connectivity index (χ0v) is 12.7. The van der Waals surface area contributed by atoms with Crippen LogP contribution in [0.1, 0.15) is 42.0 Å². The standard InChI is InChI=1S/C15H19N5O2/c1-11-4-7-20-12(17-18-14(20)16-11)13(21)19-8-9-22-15(10-19)5-2-3-6-15/h4,7H,2-3,5-6,8-10H2,1H3. The summed E-state index contributed by atoms with van der Waals surface area (Å²) in [5.41, 5.74) is 0.721. The van der Waals surface area contributed by atoms with Crippen LogP contribution in [0.4, 0.5) is 0 Å². The molecule has 0 atom stereocenters. The molecule has 0 bridgehead atoms. The molecule has 2 aromatic heterocycles. The van der Waals surface area contributed by atoms with Crippen LogP contribution in [0.2, 0.25) is 0 Å². The van der Waals surface area contributed by atoms with Crippen LogP contribution in [0, 0.1) is 6.92 Å². The van der Waals surface area contributed by atoms with Gasteiger partial charge in [0, 0.05) is 18.4 Å². The van der Waals surface area contributed by atoms with E-state index in [0.717, 1.165) is 18.5 Å². The van der Waals surface area contributed by atoms with Gasteiger partial charge in [-0.1, -0.05) is 12.8 Å². The summed E-state index contributed by atoms with van der Waals surface area (Å²) in [7, 11) is 0. The Morgan fingerprint density at radius 3 is 2.95 bits per heavy atom. The first kappa shape index (κ1) is 13.6. The lowest BCUT2D eigenvalue weighted by atomic mass is 9.99. The summed E-state index contributed by atoms with van der Waals surface area (Å²) in [5, 5.41) is 8.05. The van der Waals surface area contributed by atoms with Gasteiger partial charge in [0.1, 0.15) is 0 Å². The van der Waals surface area contributed by atoms with E-state index in [0.29, 0.717) is 31.3 Å². The Balaban J connectivity index is 1.62. The average molecular weight is 301 g/mol. The number of ether oxygens (including phenoxy) is 1. The highest BCUT2D eigenvalue weighted by Crippen LogP contribution is 2.36. The highest BCUT2D eigenvalue weighted by atomic mass is 16.5. The second-order valence-electron chi connectivity index (χ2n) is 6.23. The van der Waals surface area contributed by atoms with Crippen LogP contribution in [0.3, 0.4) is 0 Å². The molecule has 0 unspecified atom stereocenters. The Bertz CT molecular complexity index is 720. The Morgan fingerprint density at radius 2 is 2.14 bits per heavy atom. The largest absolute Gasteiger partial charge is 0.371 e. The van der Waals surface area contributed by atoms with Crippen molar-refractivity contribution in [1.82, 2.24) is 24.5 Å². The van der Waals surface area contributed by atoms with Gasteiger partial charge in [0.2, 0.25) is 5.82 Å². The number of hydrogen-bond acceptors (Lipinski definition) is 5. The Hall–Kier alpha value is -2.02. The molecule has 0 N–H and O–H groups in total. The van der Waals surface area contributed by atoms with Crippen molar-refractivity contribution < 1.29 is 9.53 Å². The number of nitrogens with zero attached hydrogens (tertiary/aromatic N) is 5. The van der Waals surface area contributed by atoms with E-state index in [4.69, 9.17) is 4.74 Å². The molecule has 7 nitrogen and oxygen atoms in total. The van der Waals surface area contributed by atoms with Crippen LogP contribution >= 0.6 is 0 Å². The third-order valence-electron chi connectivity index (χ3n) is 4.66. The molecule has 0 aromatic carbocycles. The van der Waals surface area contributed by atoms with E-state index in [2.05, 4.69) is 15.2 Å². The van der Waals surface area contributed by atoms with Crippen LogP contribution in [0.5, 0.6) is 0 Å². The fraction of sp³-hybridized carbons (Fsp3) is 0.600. The van der Waals surface area contributed by atoms with Gasteiger partial charge in [0.25, 0.3) is 11.7 Å². The van der Waals surface area contributed by atoms with Crippen molar-refractivity contribution in [2.75, 3.05) is 19.7 Å². The first-order valence-electron chi connectivity index (χ1n) is 7.79. The van der Waals surface area contributed by atoms with Crippen molar-refractivity contribution >= 4 is 11.7 Å². The van der Waals surface area contributed by atoms with E-state index in [1.807, 2.05) is 17.9 Å². The monoisotopic (exact) mass is 301 g/mol. The number of fused-ring (bicyclic) bond motifs is 1. The average Bonchev–Trinajstić information content (AvgIpc) is 3.13. The number of hydrogen-bond donors (Lipinski definition) is 0. The molecule has 7 heteroatoms. The second-order valence-corrected chi connectivity index (χ2v) is 6.23. The summed E-state index contributed by atoms with van der Waals surface area (Å²) in [6, 6.07) is 1.85. The molecular weight excluding hydrogens is 282 g/mol. The van der Waals surface area contributed by atoms with Gasteiger partial charge < -0.3 is 9.64 Å².